The van der Waals surface area contributed by atoms with Crippen molar-refractivity contribution in [2.24, 2.45) is 0 Å². The third kappa shape index (κ3) is 3.06. The molecule has 136 valence electrons. The van der Waals surface area contributed by atoms with Gasteiger partial charge in [-0.25, -0.2) is 4.40 Å². The van der Waals surface area contributed by atoms with E-state index in [9.17, 15) is 4.79 Å². The van der Waals surface area contributed by atoms with Gasteiger partial charge in [0.05, 0.1) is 18.8 Å². The third-order valence-corrected chi connectivity index (χ3v) is 5.22. The molecule has 0 unspecified atom stereocenters. The minimum atomic E-state index is -0.134. The zero-order chi connectivity index (χ0) is 19.0. The van der Waals surface area contributed by atoms with Crippen LogP contribution in [0, 0.1) is 6.92 Å². The molecule has 7 heteroatoms. The predicted molar refractivity (Wildman–Crippen MR) is 106 cm³/mol. The van der Waals surface area contributed by atoms with Gasteiger partial charge < -0.3 is 9.47 Å². The summed E-state index contributed by atoms with van der Waals surface area (Å²) in [6.07, 6.45) is 1.82. The summed E-state index contributed by atoms with van der Waals surface area (Å²) in [6.45, 7) is 2.02. The summed E-state index contributed by atoms with van der Waals surface area (Å²) >= 11 is 1.31. The smallest absolute Gasteiger partial charge is 0.276 e. The summed E-state index contributed by atoms with van der Waals surface area (Å²) in [6, 6.07) is 13.4. The quantitative estimate of drug-likeness (QED) is 0.545. The topological polar surface area (TPSA) is 65.7 Å². The highest BCUT2D eigenvalue weighted by atomic mass is 32.1. The van der Waals surface area contributed by atoms with Crippen molar-refractivity contribution in [3.63, 3.8) is 0 Å². The van der Waals surface area contributed by atoms with Crippen LogP contribution in [0.2, 0.25) is 0 Å². The summed E-state index contributed by atoms with van der Waals surface area (Å²) in [4.78, 5) is 13.5. The molecule has 2 aromatic heterocycles. The highest BCUT2D eigenvalue weighted by molar-refractivity contribution is 7.15. The molecule has 2 aromatic carbocycles. The molecule has 0 fully saturated rings. The monoisotopic (exact) mass is 379 g/mol. The van der Waals surface area contributed by atoms with E-state index in [1.807, 2.05) is 55.5 Å². The Bertz CT molecular complexity index is 1230. The maximum Gasteiger partial charge on any atom is 0.276 e. The second-order valence-corrected chi connectivity index (χ2v) is 7.05. The molecule has 0 aliphatic heterocycles. The summed E-state index contributed by atoms with van der Waals surface area (Å²) in [5.41, 5.74) is 2.72. The Morgan fingerprint density at radius 1 is 1.00 bits per heavy atom. The van der Waals surface area contributed by atoms with Gasteiger partial charge in [0.15, 0.2) is 17.3 Å². The minimum absolute atomic E-state index is 0.134. The Kier molecular flexibility index (Phi) is 4.37. The summed E-state index contributed by atoms with van der Waals surface area (Å²) in [5, 5.41) is 8.36. The van der Waals surface area contributed by atoms with E-state index < -0.39 is 0 Å². The Hall–Kier alpha value is -3.19. The molecule has 0 aliphatic carbocycles. The molecule has 0 spiro atoms. The first-order chi connectivity index (χ1) is 13.1. The second kappa shape index (κ2) is 6.85. The maximum absolute atomic E-state index is 12.9. The lowest BCUT2D eigenvalue weighted by molar-refractivity contribution is 0.355. The van der Waals surface area contributed by atoms with Gasteiger partial charge in [-0.15, -0.1) is 10.2 Å². The van der Waals surface area contributed by atoms with Crippen molar-refractivity contribution in [2.75, 3.05) is 14.2 Å². The van der Waals surface area contributed by atoms with Crippen molar-refractivity contribution in [3.05, 3.63) is 68.5 Å². The van der Waals surface area contributed by atoms with E-state index in [1.165, 1.54) is 11.3 Å². The third-order valence-electron chi connectivity index (χ3n) is 4.26. The number of nitrogens with zero attached hydrogens (tertiary/aromatic N) is 3. The molecular weight excluding hydrogens is 362 g/mol. The second-order valence-electron chi connectivity index (χ2n) is 6.04. The average molecular weight is 379 g/mol. The Balaban J connectivity index is 1.84. The van der Waals surface area contributed by atoms with Crippen LogP contribution in [0.15, 0.2) is 47.3 Å². The molecule has 0 atom stereocenters. The lowest BCUT2D eigenvalue weighted by Crippen LogP contribution is -2.23. The van der Waals surface area contributed by atoms with Crippen LogP contribution in [0.4, 0.5) is 0 Å². The van der Waals surface area contributed by atoms with Gasteiger partial charge in [-0.3, -0.25) is 4.79 Å². The first-order valence-electron chi connectivity index (χ1n) is 8.29. The maximum atomic E-state index is 12.9. The SMILES string of the molecule is COc1ccc(C=c2sc3nnc(-c4ccc(C)cc4)n3c2=O)cc1OC. The van der Waals surface area contributed by atoms with Crippen LogP contribution in [0.1, 0.15) is 11.1 Å². The van der Waals surface area contributed by atoms with Crippen molar-refractivity contribution in [2.45, 2.75) is 6.92 Å². The molecule has 0 amide bonds. The molecule has 27 heavy (non-hydrogen) atoms. The molecular formula is C20H17N3O3S. The molecule has 4 aromatic rings. The van der Waals surface area contributed by atoms with Crippen LogP contribution in [0.3, 0.4) is 0 Å². The number of benzene rings is 2. The van der Waals surface area contributed by atoms with Crippen molar-refractivity contribution in [1.29, 1.82) is 0 Å². The number of methoxy groups -OCH3 is 2. The van der Waals surface area contributed by atoms with Gasteiger partial charge in [0.1, 0.15) is 0 Å². The Labute approximate surface area is 159 Å². The molecule has 0 N–H and O–H groups in total. The van der Waals surface area contributed by atoms with E-state index in [0.717, 1.165) is 16.7 Å². The molecule has 4 rings (SSSR count). The van der Waals surface area contributed by atoms with Crippen LogP contribution >= 0.6 is 11.3 Å². The van der Waals surface area contributed by atoms with E-state index >= 15 is 0 Å². The van der Waals surface area contributed by atoms with Gasteiger partial charge >= 0.3 is 0 Å². The van der Waals surface area contributed by atoms with Crippen LogP contribution in [0.25, 0.3) is 22.4 Å². The highest BCUT2D eigenvalue weighted by Gasteiger charge is 2.14. The van der Waals surface area contributed by atoms with Crippen LogP contribution in [0.5, 0.6) is 11.5 Å². The fourth-order valence-corrected chi connectivity index (χ4v) is 3.76. The van der Waals surface area contributed by atoms with Crippen molar-refractivity contribution >= 4 is 22.4 Å². The molecule has 6 nitrogen and oxygen atoms in total. The number of thiazole rings is 1. The fourth-order valence-electron chi connectivity index (χ4n) is 2.85. The van der Waals surface area contributed by atoms with Gasteiger partial charge in [-0.2, -0.15) is 0 Å². The fraction of sp³-hybridized carbons (Fsp3) is 0.150. The minimum Gasteiger partial charge on any atom is -0.493 e. The summed E-state index contributed by atoms with van der Waals surface area (Å²) in [5.74, 6) is 1.81. The van der Waals surface area contributed by atoms with E-state index in [-0.39, 0.29) is 5.56 Å². The molecule has 0 saturated carbocycles. The van der Waals surface area contributed by atoms with Crippen LogP contribution in [-0.4, -0.2) is 28.8 Å². The van der Waals surface area contributed by atoms with Crippen molar-refractivity contribution in [1.82, 2.24) is 14.6 Å². The number of fused-ring (bicyclic) bond motifs is 1. The van der Waals surface area contributed by atoms with Gasteiger partial charge in [-0.05, 0) is 30.7 Å². The van der Waals surface area contributed by atoms with Crippen molar-refractivity contribution < 1.29 is 9.47 Å². The average Bonchev–Trinajstić information content (AvgIpc) is 3.23. The predicted octanol–water partition coefficient (Wildman–Crippen LogP) is 2.69. The van der Waals surface area contributed by atoms with Gasteiger partial charge in [-0.1, -0.05) is 47.2 Å². The van der Waals surface area contributed by atoms with E-state index in [0.29, 0.717) is 26.8 Å². The van der Waals surface area contributed by atoms with Gasteiger partial charge in [0, 0.05) is 5.56 Å². The lowest BCUT2D eigenvalue weighted by Gasteiger charge is -2.07. The molecule has 0 saturated heterocycles. The summed E-state index contributed by atoms with van der Waals surface area (Å²) in [7, 11) is 3.17. The highest BCUT2D eigenvalue weighted by Crippen LogP contribution is 2.27. The zero-order valence-corrected chi connectivity index (χ0v) is 15.9. The molecule has 0 radical (unpaired) electrons. The standard InChI is InChI=1S/C20H17N3O3S/c1-12-4-7-14(8-5-12)18-21-22-20-23(18)19(24)17(27-20)11-13-6-9-15(25-2)16(10-13)26-3/h4-11H,1-3H3. The normalized spacial score (nSPS) is 11.9. The largest absolute Gasteiger partial charge is 0.493 e. The Morgan fingerprint density at radius 3 is 2.44 bits per heavy atom. The molecule has 2 heterocycles. The number of ether oxygens (including phenoxy) is 2. The van der Waals surface area contributed by atoms with Crippen LogP contribution < -0.4 is 19.6 Å². The first-order valence-corrected chi connectivity index (χ1v) is 9.11. The van der Waals surface area contributed by atoms with Crippen LogP contribution in [-0.2, 0) is 0 Å². The number of aromatic nitrogens is 3. The van der Waals surface area contributed by atoms with Gasteiger partial charge in [0.25, 0.3) is 5.56 Å². The van der Waals surface area contributed by atoms with Gasteiger partial charge in [0.2, 0.25) is 4.96 Å². The van der Waals surface area contributed by atoms with E-state index in [4.69, 9.17) is 9.47 Å². The van der Waals surface area contributed by atoms with Crippen molar-refractivity contribution in [3.8, 4) is 22.9 Å². The number of aryl methyl sites for hydroxylation is 1. The molecule has 0 aliphatic rings. The van der Waals surface area contributed by atoms with E-state index in [1.54, 1.807) is 18.6 Å². The zero-order valence-electron chi connectivity index (χ0n) is 15.1. The molecule has 0 bridgehead atoms. The Morgan fingerprint density at radius 2 is 1.74 bits per heavy atom. The first kappa shape index (κ1) is 17.2. The van der Waals surface area contributed by atoms with E-state index in [2.05, 4.69) is 10.2 Å². The lowest BCUT2D eigenvalue weighted by atomic mass is 10.1. The number of hydrogen-bond donors (Lipinski definition) is 0. The number of rotatable bonds is 4. The summed E-state index contributed by atoms with van der Waals surface area (Å²) < 4.78 is 12.7. The number of hydrogen-bond acceptors (Lipinski definition) is 6.